The molecular weight excluding hydrogens is 254 g/mol. The maximum Gasteiger partial charge on any atom is 0.329 e. The van der Waals surface area contributed by atoms with Gasteiger partial charge < -0.3 is 10.1 Å². The van der Waals surface area contributed by atoms with Gasteiger partial charge in [-0.2, -0.15) is 0 Å². The molecule has 1 aliphatic rings. The summed E-state index contributed by atoms with van der Waals surface area (Å²) in [5.41, 5.74) is -0.0244. The highest BCUT2D eigenvalue weighted by Gasteiger charge is 2.39. The van der Waals surface area contributed by atoms with Crippen LogP contribution in [0.2, 0.25) is 0 Å². The quantitative estimate of drug-likeness (QED) is 0.489. The lowest BCUT2D eigenvalue weighted by Gasteiger charge is -2.12. The molecule has 1 aromatic rings. The van der Waals surface area contributed by atoms with Gasteiger partial charge >= 0.3 is 6.03 Å². The van der Waals surface area contributed by atoms with Crippen molar-refractivity contribution < 1.29 is 19.2 Å². The van der Waals surface area contributed by atoms with E-state index in [1.54, 1.807) is 0 Å². The Labute approximate surface area is 108 Å². The molecule has 0 bridgehead atoms. The molecule has 2 rings (SSSR count). The Balaban J connectivity index is 2.31. The number of nitrogens with zero attached hydrogens (tertiary/aromatic N) is 2. The monoisotopic (exact) mass is 265 g/mol. The van der Waals surface area contributed by atoms with E-state index in [0.717, 1.165) is 4.90 Å². The number of ether oxygens (including phenoxy) is 1. The minimum absolute atomic E-state index is 0.0516. The number of benzene rings is 1. The fourth-order valence-corrected chi connectivity index (χ4v) is 1.80. The summed E-state index contributed by atoms with van der Waals surface area (Å²) < 4.78 is 4.82. The Morgan fingerprint density at radius 3 is 2.84 bits per heavy atom. The number of rotatable bonds is 4. The molecule has 1 aliphatic heterocycles. The molecule has 1 N–H and O–H groups in total. The molecule has 3 amide bonds. The van der Waals surface area contributed by atoms with Gasteiger partial charge in [0, 0.05) is 19.2 Å². The molecule has 100 valence electrons. The van der Waals surface area contributed by atoms with Crippen molar-refractivity contribution >= 4 is 23.3 Å². The van der Waals surface area contributed by atoms with E-state index in [9.17, 15) is 19.7 Å². The number of nitro groups is 1. The van der Waals surface area contributed by atoms with Crippen LogP contribution in [0, 0.1) is 10.1 Å². The molecule has 0 aromatic heterocycles. The number of carbonyl (C=O) groups is 2. The number of imide groups is 1. The number of anilines is 1. The highest BCUT2D eigenvalue weighted by molar-refractivity contribution is 6.21. The zero-order valence-corrected chi connectivity index (χ0v) is 10.0. The molecule has 8 nitrogen and oxygen atoms in total. The minimum Gasteiger partial charge on any atom is -0.382 e. The van der Waals surface area contributed by atoms with Crippen LogP contribution >= 0.6 is 0 Å². The lowest BCUT2D eigenvalue weighted by atomic mass is 10.2. The van der Waals surface area contributed by atoms with E-state index in [2.05, 4.69) is 5.32 Å². The Hall–Kier alpha value is -2.48. The van der Waals surface area contributed by atoms with Gasteiger partial charge in [-0.15, -0.1) is 0 Å². The second kappa shape index (κ2) is 5.02. The molecule has 0 radical (unpaired) electrons. The van der Waals surface area contributed by atoms with Crippen LogP contribution in [0.5, 0.6) is 0 Å². The topological polar surface area (TPSA) is 102 Å². The third kappa shape index (κ3) is 2.38. The Morgan fingerprint density at radius 1 is 1.47 bits per heavy atom. The number of nitro benzene ring substituents is 1. The average molecular weight is 265 g/mol. The fourth-order valence-electron chi connectivity index (χ4n) is 1.80. The van der Waals surface area contributed by atoms with E-state index < -0.39 is 22.9 Å². The van der Waals surface area contributed by atoms with Crippen molar-refractivity contribution in [1.29, 1.82) is 0 Å². The zero-order valence-electron chi connectivity index (χ0n) is 10.0. The van der Waals surface area contributed by atoms with Crippen LogP contribution < -0.4 is 10.2 Å². The minimum atomic E-state index is -0.767. The maximum atomic E-state index is 12.0. The van der Waals surface area contributed by atoms with Crippen LogP contribution in [0.25, 0.3) is 0 Å². The number of hydrogen-bond donors (Lipinski definition) is 1. The van der Waals surface area contributed by atoms with Crippen LogP contribution in [0.4, 0.5) is 16.2 Å². The summed E-state index contributed by atoms with van der Waals surface area (Å²) in [6, 6.07) is 3.95. The third-order valence-electron chi connectivity index (χ3n) is 2.65. The van der Waals surface area contributed by atoms with Gasteiger partial charge in [0.05, 0.1) is 17.2 Å². The summed E-state index contributed by atoms with van der Waals surface area (Å²) in [6.45, 7) is 0.0516. The lowest BCUT2D eigenvalue weighted by molar-refractivity contribution is -0.384. The Bertz CT molecular complexity index is 545. The molecule has 1 aromatic carbocycles. The first-order chi connectivity index (χ1) is 9.04. The highest BCUT2D eigenvalue weighted by atomic mass is 16.6. The van der Waals surface area contributed by atoms with Crippen molar-refractivity contribution in [1.82, 2.24) is 5.32 Å². The maximum absolute atomic E-state index is 12.0. The predicted octanol–water partition coefficient (Wildman–Crippen LogP) is 0.666. The first-order valence-corrected chi connectivity index (χ1v) is 5.42. The molecule has 0 spiro atoms. The second-order valence-corrected chi connectivity index (χ2v) is 3.91. The largest absolute Gasteiger partial charge is 0.382 e. The molecule has 1 saturated heterocycles. The van der Waals surface area contributed by atoms with Crippen LogP contribution in [-0.4, -0.2) is 36.6 Å². The van der Waals surface area contributed by atoms with E-state index in [-0.39, 0.29) is 18.0 Å². The molecule has 0 aliphatic carbocycles. The van der Waals surface area contributed by atoms with Crippen LogP contribution in [0.1, 0.15) is 0 Å². The van der Waals surface area contributed by atoms with Crippen LogP contribution in [0.3, 0.4) is 0 Å². The number of methoxy groups -OCH3 is 1. The van der Waals surface area contributed by atoms with Crippen LogP contribution in [-0.2, 0) is 9.53 Å². The molecule has 8 heteroatoms. The number of hydrogen-bond acceptors (Lipinski definition) is 5. The standard InChI is InChI=1S/C11H11N3O5/c1-19-6-9-10(15)13(11(16)12-9)7-3-2-4-8(5-7)14(17)18/h2-5,9H,6H2,1H3,(H,12,16). The van der Waals surface area contributed by atoms with Gasteiger partial charge in [0.1, 0.15) is 6.04 Å². The van der Waals surface area contributed by atoms with Crippen molar-refractivity contribution in [2.75, 3.05) is 18.6 Å². The summed E-state index contributed by atoms with van der Waals surface area (Å²) in [5, 5.41) is 13.1. The molecule has 19 heavy (non-hydrogen) atoms. The first-order valence-electron chi connectivity index (χ1n) is 5.42. The van der Waals surface area contributed by atoms with E-state index in [1.807, 2.05) is 0 Å². The van der Waals surface area contributed by atoms with Crippen molar-refractivity contribution in [3.05, 3.63) is 34.4 Å². The number of urea groups is 1. The van der Waals surface area contributed by atoms with E-state index in [1.165, 1.54) is 31.4 Å². The highest BCUT2D eigenvalue weighted by Crippen LogP contribution is 2.24. The summed E-state index contributed by atoms with van der Waals surface area (Å²) in [7, 11) is 1.41. The number of carbonyl (C=O) groups excluding carboxylic acids is 2. The zero-order chi connectivity index (χ0) is 14.0. The number of nitrogens with one attached hydrogen (secondary N) is 1. The Morgan fingerprint density at radius 2 is 2.21 bits per heavy atom. The predicted molar refractivity (Wildman–Crippen MR) is 64.8 cm³/mol. The van der Waals surface area contributed by atoms with Crippen LogP contribution in [0.15, 0.2) is 24.3 Å². The number of amides is 3. The second-order valence-electron chi connectivity index (χ2n) is 3.91. The molecule has 1 heterocycles. The van der Waals surface area contributed by atoms with Crippen molar-refractivity contribution in [3.63, 3.8) is 0 Å². The molecule has 1 unspecified atom stereocenters. The molecule has 1 atom stereocenters. The van der Waals surface area contributed by atoms with Gasteiger partial charge in [-0.05, 0) is 6.07 Å². The van der Waals surface area contributed by atoms with Crippen molar-refractivity contribution in [2.45, 2.75) is 6.04 Å². The van der Waals surface area contributed by atoms with Gasteiger partial charge in [-0.25, -0.2) is 9.69 Å². The smallest absolute Gasteiger partial charge is 0.329 e. The molecule has 1 fully saturated rings. The van der Waals surface area contributed by atoms with Gasteiger partial charge in [-0.3, -0.25) is 14.9 Å². The fraction of sp³-hybridized carbons (Fsp3) is 0.273. The summed E-state index contributed by atoms with van der Waals surface area (Å²) in [6.07, 6.45) is 0. The normalized spacial score (nSPS) is 18.6. The summed E-state index contributed by atoms with van der Waals surface area (Å²) >= 11 is 0. The van der Waals surface area contributed by atoms with E-state index in [4.69, 9.17) is 4.74 Å². The van der Waals surface area contributed by atoms with Crippen molar-refractivity contribution in [3.8, 4) is 0 Å². The average Bonchev–Trinajstić information content (AvgIpc) is 2.65. The van der Waals surface area contributed by atoms with E-state index >= 15 is 0 Å². The van der Waals surface area contributed by atoms with Gasteiger partial charge in [0.25, 0.3) is 11.6 Å². The van der Waals surface area contributed by atoms with Gasteiger partial charge in [0.2, 0.25) is 0 Å². The lowest BCUT2D eigenvalue weighted by Crippen LogP contribution is -2.34. The van der Waals surface area contributed by atoms with Gasteiger partial charge in [-0.1, -0.05) is 6.07 Å². The Kier molecular flexibility index (Phi) is 3.43. The SMILES string of the molecule is COCC1NC(=O)N(c2cccc([N+](=O)[O-])c2)C1=O. The number of non-ortho nitro benzene ring substituents is 1. The molecule has 0 saturated carbocycles. The summed E-state index contributed by atoms with van der Waals surface area (Å²) in [4.78, 5) is 34.7. The first kappa shape index (κ1) is 13.0. The van der Waals surface area contributed by atoms with Crippen molar-refractivity contribution in [2.24, 2.45) is 0 Å². The third-order valence-corrected chi connectivity index (χ3v) is 2.65. The summed E-state index contributed by atoms with van der Waals surface area (Å²) in [5.74, 6) is -0.493. The van der Waals surface area contributed by atoms with Gasteiger partial charge in [0.15, 0.2) is 0 Å². The van der Waals surface area contributed by atoms with E-state index in [0.29, 0.717) is 0 Å². The molecular formula is C11H11N3O5.